The Morgan fingerprint density at radius 1 is 1.35 bits per heavy atom. The second-order valence-electron chi connectivity index (χ2n) is 5.81. The third kappa shape index (κ3) is 4.26. The van der Waals surface area contributed by atoms with E-state index in [0.29, 0.717) is 36.9 Å². The Bertz CT molecular complexity index is 565. The summed E-state index contributed by atoms with van der Waals surface area (Å²) in [4.78, 5) is 27.4. The van der Waals surface area contributed by atoms with Crippen molar-refractivity contribution in [1.29, 1.82) is 0 Å². The van der Waals surface area contributed by atoms with Gasteiger partial charge >= 0.3 is 5.97 Å². The number of likely N-dealkylation sites (N-methyl/N-ethyl adjacent to an activating group) is 1. The Hall–Kier alpha value is -1.53. The van der Waals surface area contributed by atoms with E-state index in [9.17, 15) is 9.59 Å². The highest BCUT2D eigenvalue weighted by atomic mass is 35.5. The van der Waals surface area contributed by atoms with Gasteiger partial charge in [0.05, 0.1) is 11.6 Å². The first-order valence-corrected chi connectivity index (χ1v) is 8.44. The van der Waals surface area contributed by atoms with Crippen LogP contribution in [0.25, 0.3) is 0 Å². The fraction of sp³-hybridized carbons (Fsp3) is 0.625. The molecule has 1 aliphatic rings. The fourth-order valence-corrected chi connectivity index (χ4v) is 3.41. The smallest absolute Gasteiger partial charge is 0.317 e. The van der Waals surface area contributed by atoms with Crippen LogP contribution < -0.4 is 0 Å². The van der Waals surface area contributed by atoms with Gasteiger partial charge < -0.3 is 14.6 Å². The molecule has 0 atom stereocenters. The van der Waals surface area contributed by atoms with Crippen LogP contribution in [0.15, 0.2) is 12.3 Å². The molecular weight excluding hydrogens is 318 g/mol. The number of carboxylic acids is 1. The van der Waals surface area contributed by atoms with Crippen LogP contribution in [0.3, 0.4) is 0 Å². The lowest BCUT2D eigenvalue weighted by Gasteiger charge is -2.37. The number of nitrogens with zero attached hydrogens (tertiary/aromatic N) is 3. The standard InChI is InChI=1S/C16H24ClN3O3/c1-3-18(11-15(21)22)13-5-7-20(8-6-13)16(23)14-9-12(17)10-19(14)4-2/h9-10,13H,3-8,11H2,1-2H3,(H,21,22). The van der Waals surface area contributed by atoms with E-state index in [4.69, 9.17) is 16.7 Å². The Labute approximate surface area is 141 Å². The number of aryl methyl sites for hydroxylation is 1. The van der Waals surface area contributed by atoms with E-state index in [1.165, 1.54) is 0 Å². The van der Waals surface area contributed by atoms with Crippen LogP contribution in [-0.4, -0.2) is 63.6 Å². The van der Waals surface area contributed by atoms with Gasteiger partial charge in [0.25, 0.3) is 5.91 Å². The van der Waals surface area contributed by atoms with Crippen LogP contribution in [0.5, 0.6) is 0 Å². The maximum Gasteiger partial charge on any atom is 0.317 e. The van der Waals surface area contributed by atoms with E-state index in [1.807, 2.05) is 28.2 Å². The molecule has 1 saturated heterocycles. The van der Waals surface area contributed by atoms with Crippen molar-refractivity contribution < 1.29 is 14.7 Å². The molecule has 0 unspecified atom stereocenters. The normalized spacial score (nSPS) is 16.1. The highest BCUT2D eigenvalue weighted by molar-refractivity contribution is 6.31. The van der Waals surface area contributed by atoms with E-state index in [0.717, 1.165) is 12.8 Å². The zero-order valence-electron chi connectivity index (χ0n) is 13.7. The molecule has 6 nitrogen and oxygen atoms in total. The lowest BCUT2D eigenvalue weighted by molar-refractivity contribution is -0.139. The first-order chi connectivity index (χ1) is 11.0. The number of hydrogen-bond acceptors (Lipinski definition) is 3. The zero-order valence-corrected chi connectivity index (χ0v) is 14.4. The minimum Gasteiger partial charge on any atom is -0.480 e. The number of halogens is 1. The van der Waals surface area contributed by atoms with Gasteiger partial charge in [0, 0.05) is 31.9 Å². The highest BCUT2D eigenvalue weighted by Crippen LogP contribution is 2.21. The summed E-state index contributed by atoms with van der Waals surface area (Å²) in [6.45, 7) is 6.70. The summed E-state index contributed by atoms with van der Waals surface area (Å²) >= 11 is 6.01. The molecule has 2 rings (SSSR count). The molecule has 1 aromatic rings. The molecule has 2 heterocycles. The summed E-state index contributed by atoms with van der Waals surface area (Å²) in [5.74, 6) is -0.806. The number of aromatic nitrogens is 1. The minimum absolute atomic E-state index is 0.00140. The quantitative estimate of drug-likeness (QED) is 0.861. The first kappa shape index (κ1) is 17.8. The number of rotatable bonds is 6. The van der Waals surface area contributed by atoms with Crippen LogP contribution in [0, 0.1) is 0 Å². The molecule has 1 fully saturated rings. The van der Waals surface area contributed by atoms with Crippen LogP contribution in [0.4, 0.5) is 0 Å². The van der Waals surface area contributed by atoms with Gasteiger partial charge in [0.2, 0.25) is 0 Å². The van der Waals surface area contributed by atoms with E-state index >= 15 is 0 Å². The molecule has 7 heteroatoms. The summed E-state index contributed by atoms with van der Waals surface area (Å²) < 4.78 is 1.86. The van der Waals surface area contributed by atoms with E-state index in [2.05, 4.69) is 0 Å². The maximum absolute atomic E-state index is 12.7. The maximum atomic E-state index is 12.7. The van der Waals surface area contributed by atoms with Gasteiger partial charge in [-0.15, -0.1) is 0 Å². The highest BCUT2D eigenvalue weighted by Gasteiger charge is 2.28. The van der Waals surface area contributed by atoms with Gasteiger partial charge in [0.15, 0.2) is 0 Å². The largest absolute Gasteiger partial charge is 0.480 e. The van der Waals surface area contributed by atoms with Crippen LogP contribution in [-0.2, 0) is 11.3 Å². The fourth-order valence-electron chi connectivity index (χ4n) is 3.18. The molecule has 1 amide bonds. The first-order valence-electron chi connectivity index (χ1n) is 8.07. The van der Waals surface area contributed by atoms with Crippen molar-refractivity contribution in [3.05, 3.63) is 23.0 Å². The predicted molar refractivity (Wildman–Crippen MR) is 88.9 cm³/mol. The van der Waals surface area contributed by atoms with Gasteiger partial charge in [-0.25, -0.2) is 0 Å². The van der Waals surface area contributed by atoms with E-state index < -0.39 is 5.97 Å². The second-order valence-corrected chi connectivity index (χ2v) is 6.25. The minimum atomic E-state index is -0.805. The molecule has 0 bridgehead atoms. The number of likely N-dealkylation sites (tertiary alicyclic amines) is 1. The van der Waals surface area contributed by atoms with Crippen molar-refractivity contribution in [2.24, 2.45) is 0 Å². The van der Waals surface area contributed by atoms with Crippen molar-refractivity contribution in [3.63, 3.8) is 0 Å². The number of piperidine rings is 1. The van der Waals surface area contributed by atoms with Crippen molar-refractivity contribution in [3.8, 4) is 0 Å². The number of carboxylic acid groups (broad SMARTS) is 1. The van der Waals surface area contributed by atoms with Gasteiger partial charge in [0.1, 0.15) is 5.69 Å². The van der Waals surface area contributed by atoms with Gasteiger partial charge in [-0.05, 0) is 32.4 Å². The van der Waals surface area contributed by atoms with Crippen molar-refractivity contribution in [2.45, 2.75) is 39.3 Å². The lowest BCUT2D eigenvalue weighted by atomic mass is 10.0. The number of carbonyl (C=O) groups is 2. The van der Waals surface area contributed by atoms with Gasteiger partial charge in [-0.3, -0.25) is 14.5 Å². The average molecular weight is 342 g/mol. The lowest BCUT2D eigenvalue weighted by Crippen LogP contribution is -2.48. The van der Waals surface area contributed by atoms with E-state index in [1.54, 1.807) is 12.3 Å². The molecule has 0 radical (unpaired) electrons. The molecule has 1 N–H and O–H groups in total. The second kappa shape index (κ2) is 7.84. The summed E-state index contributed by atoms with van der Waals surface area (Å²) in [6.07, 6.45) is 3.37. The Balaban J connectivity index is 1.98. The van der Waals surface area contributed by atoms with Crippen LogP contribution >= 0.6 is 11.6 Å². The Morgan fingerprint density at radius 3 is 2.52 bits per heavy atom. The van der Waals surface area contributed by atoms with Gasteiger partial charge in [-0.2, -0.15) is 0 Å². The Morgan fingerprint density at radius 2 is 2.00 bits per heavy atom. The number of carbonyl (C=O) groups excluding carboxylic acids is 1. The zero-order chi connectivity index (χ0) is 17.0. The molecule has 1 aromatic heterocycles. The third-order valence-corrected chi connectivity index (χ3v) is 4.64. The monoisotopic (exact) mass is 341 g/mol. The number of amides is 1. The SMILES string of the molecule is CCN(CC(=O)O)C1CCN(C(=O)c2cc(Cl)cn2CC)CC1. The summed E-state index contributed by atoms with van der Waals surface area (Å²) in [5.41, 5.74) is 0.619. The molecule has 0 saturated carbocycles. The molecular formula is C16H24ClN3O3. The molecule has 0 aliphatic carbocycles. The van der Waals surface area contributed by atoms with Crippen LogP contribution in [0.2, 0.25) is 5.02 Å². The average Bonchev–Trinajstić information content (AvgIpc) is 2.93. The summed E-state index contributed by atoms with van der Waals surface area (Å²) in [5, 5.41) is 9.55. The van der Waals surface area contributed by atoms with Crippen molar-refractivity contribution in [2.75, 3.05) is 26.2 Å². The molecule has 0 aromatic carbocycles. The summed E-state index contributed by atoms with van der Waals surface area (Å²) in [6, 6.07) is 1.93. The number of aliphatic carboxylic acids is 1. The summed E-state index contributed by atoms with van der Waals surface area (Å²) in [7, 11) is 0. The predicted octanol–water partition coefficient (Wildman–Crippen LogP) is 2.17. The number of hydrogen-bond donors (Lipinski definition) is 1. The molecule has 23 heavy (non-hydrogen) atoms. The van der Waals surface area contributed by atoms with E-state index in [-0.39, 0.29) is 18.5 Å². The molecule has 128 valence electrons. The third-order valence-electron chi connectivity index (χ3n) is 4.44. The molecule has 1 aliphatic heterocycles. The van der Waals surface area contributed by atoms with Crippen LogP contribution in [0.1, 0.15) is 37.2 Å². The topological polar surface area (TPSA) is 65.8 Å². The van der Waals surface area contributed by atoms with Crippen molar-refractivity contribution in [1.82, 2.24) is 14.4 Å². The van der Waals surface area contributed by atoms with Gasteiger partial charge in [-0.1, -0.05) is 18.5 Å². The van der Waals surface area contributed by atoms with Crippen molar-refractivity contribution >= 4 is 23.5 Å². The molecule has 0 spiro atoms. The Kier molecular flexibility index (Phi) is 6.07.